The molecule has 2 heteroatoms. The number of hydrogen-bond donors (Lipinski definition) is 1. The van der Waals surface area contributed by atoms with E-state index in [0.717, 1.165) is 13.0 Å². The van der Waals surface area contributed by atoms with Gasteiger partial charge in [-0.15, -0.1) is 0 Å². The Labute approximate surface area is 95.8 Å². The molecule has 15 heavy (non-hydrogen) atoms. The maximum atomic E-state index is 6.21. The number of hydrogen-bond acceptors (Lipinski definition) is 2. The zero-order valence-electron chi connectivity index (χ0n) is 11.4. The van der Waals surface area contributed by atoms with Crippen LogP contribution < -0.4 is 5.32 Å². The highest BCUT2D eigenvalue weighted by atomic mass is 16.5. The third-order valence-corrected chi connectivity index (χ3v) is 3.25. The van der Waals surface area contributed by atoms with Gasteiger partial charge in [0, 0.05) is 6.54 Å². The van der Waals surface area contributed by atoms with E-state index in [-0.39, 0.29) is 5.60 Å². The number of rotatable bonds is 8. The second kappa shape index (κ2) is 7.24. The molecular formula is C13H29NO. The molecule has 92 valence electrons. The third-order valence-electron chi connectivity index (χ3n) is 3.25. The van der Waals surface area contributed by atoms with Crippen LogP contribution in [-0.4, -0.2) is 25.3 Å². The van der Waals surface area contributed by atoms with Crippen LogP contribution >= 0.6 is 0 Å². The van der Waals surface area contributed by atoms with Gasteiger partial charge in [0.05, 0.1) is 11.7 Å². The van der Waals surface area contributed by atoms with Gasteiger partial charge in [-0.3, -0.25) is 0 Å². The van der Waals surface area contributed by atoms with E-state index in [9.17, 15) is 0 Å². The Morgan fingerprint density at radius 1 is 1.27 bits per heavy atom. The molecular weight excluding hydrogens is 186 g/mol. The fraction of sp³-hybridized carbons (Fsp3) is 1.00. The largest absolute Gasteiger partial charge is 0.371 e. The summed E-state index contributed by atoms with van der Waals surface area (Å²) >= 11 is 0. The molecule has 0 aliphatic heterocycles. The minimum absolute atomic E-state index is 0.00759. The molecule has 1 N–H and O–H groups in total. The van der Waals surface area contributed by atoms with E-state index < -0.39 is 0 Å². The van der Waals surface area contributed by atoms with E-state index in [4.69, 9.17) is 4.74 Å². The number of nitrogens with one attached hydrogen (secondary N) is 1. The Kier molecular flexibility index (Phi) is 7.20. The molecule has 0 radical (unpaired) electrons. The van der Waals surface area contributed by atoms with Crippen LogP contribution in [0.5, 0.6) is 0 Å². The van der Waals surface area contributed by atoms with E-state index in [2.05, 4.69) is 39.9 Å². The van der Waals surface area contributed by atoms with Crippen LogP contribution in [0.3, 0.4) is 0 Å². The van der Waals surface area contributed by atoms with Crippen molar-refractivity contribution in [2.45, 2.75) is 65.6 Å². The molecule has 0 bridgehead atoms. The summed E-state index contributed by atoms with van der Waals surface area (Å²) < 4.78 is 6.21. The molecule has 2 nitrogen and oxygen atoms in total. The van der Waals surface area contributed by atoms with Gasteiger partial charge in [0.1, 0.15) is 0 Å². The smallest absolute Gasteiger partial charge is 0.0781 e. The first kappa shape index (κ1) is 14.9. The van der Waals surface area contributed by atoms with Crippen LogP contribution in [0, 0.1) is 5.92 Å². The minimum Gasteiger partial charge on any atom is -0.371 e. The normalized spacial score (nSPS) is 19.6. The van der Waals surface area contributed by atoms with Crippen molar-refractivity contribution in [1.29, 1.82) is 0 Å². The molecule has 0 aromatic carbocycles. The van der Waals surface area contributed by atoms with Crippen molar-refractivity contribution in [3.05, 3.63) is 0 Å². The number of ether oxygens (including phenoxy) is 1. The van der Waals surface area contributed by atoms with Gasteiger partial charge in [0.15, 0.2) is 0 Å². The van der Waals surface area contributed by atoms with E-state index in [1.165, 1.54) is 12.8 Å². The summed E-state index contributed by atoms with van der Waals surface area (Å²) in [5.41, 5.74) is -0.00759. The van der Waals surface area contributed by atoms with Gasteiger partial charge in [-0.05, 0) is 33.2 Å². The topological polar surface area (TPSA) is 21.3 Å². The fourth-order valence-corrected chi connectivity index (χ4v) is 1.99. The molecule has 0 fully saturated rings. The van der Waals surface area contributed by atoms with Gasteiger partial charge < -0.3 is 10.1 Å². The molecule has 0 aliphatic rings. The molecule has 0 amide bonds. The molecule has 3 atom stereocenters. The van der Waals surface area contributed by atoms with E-state index >= 15 is 0 Å². The SMILES string of the molecule is CCCC(C)(CNC)OC(C)C(C)CC. The highest BCUT2D eigenvalue weighted by molar-refractivity contribution is 4.79. The Balaban J connectivity index is 4.26. The maximum Gasteiger partial charge on any atom is 0.0781 e. The molecule has 0 aromatic rings. The van der Waals surface area contributed by atoms with E-state index in [0.29, 0.717) is 12.0 Å². The van der Waals surface area contributed by atoms with Crippen molar-refractivity contribution in [3.63, 3.8) is 0 Å². The lowest BCUT2D eigenvalue weighted by Gasteiger charge is -2.35. The Bertz CT molecular complexity index is 153. The molecule has 0 aromatic heterocycles. The standard InChI is InChI=1S/C13H29NO/c1-7-9-13(5,10-14-6)15-12(4)11(3)8-2/h11-12,14H,7-10H2,1-6H3. The first-order valence-corrected chi connectivity index (χ1v) is 6.31. The van der Waals surface area contributed by atoms with Gasteiger partial charge >= 0.3 is 0 Å². The predicted molar refractivity (Wildman–Crippen MR) is 67.2 cm³/mol. The summed E-state index contributed by atoms with van der Waals surface area (Å²) in [5, 5.41) is 3.23. The average molecular weight is 215 g/mol. The Morgan fingerprint density at radius 3 is 2.27 bits per heavy atom. The summed E-state index contributed by atoms with van der Waals surface area (Å²) in [4.78, 5) is 0. The van der Waals surface area contributed by atoms with Gasteiger partial charge in [-0.2, -0.15) is 0 Å². The zero-order valence-corrected chi connectivity index (χ0v) is 11.4. The summed E-state index contributed by atoms with van der Waals surface area (Å²) in [7, 11) is 1.99. The van der Waals surface area contributed by atoms with Gasteiger partial charge in [-0.25, -0.2) is 0 Å². The summed E-state index contributed by atoms with van der Waals surface area (Å²) in [6, 6.07) is 0. The van der Waals surface area contributed by atoms with Crippen LogP contribution in [0.15, 0.2) is 0 Å². The summed E-state index contributed by atoms with van der Waals surface area (Å²) in [6.45, 7) is 12.0. The molecule has 0 heterocycles. The lowest BCUT2D eigenvalue weighted by atomic mass is 9.97. The highest BCUT2D eigenvalue weighted by Crippen LogP contribution is 2.23. The van der Waals surface area contributed by atoms with E-state index in [1.54, 1.807) is 0 Å². The maximum absolute atomic E-state index is 6.21. The fourth-order valence-electron chi connectivity index (χ4n) is 1.99. The second-order valence-corrected chi connectivity index (χ2v) is 4.94. The van der Waals surface area contributed by atoms with E-state index in [1.807, 2.05) is 7.05 Å². The monoisotopic (exact) mass is 215 g/mol. The van der Waals surface area contributed by atoms with Crippen molar-refractivity contribution in [2.75, 3.05) is 13.6 Å². The molecule has 0 rings (SSSR count). The minimum atomic E-state index is -0.00759. The van der Waals surface area contributed by atoms with Crippen LogP contribution in [-0.2, 0) is 4.74 Å². The first-order chi connectivity index (χ1) is 6.99. The van der Waals surface area contributed by atoms with Crippen molar-refractivity contribution in [3.8, 4) is 0 Å². The quantitative estimate of drug-likeness (QED) is 0.671. The van der Waals surface area contributed by atoms with Crippen LogP contribution in [0.2, 0.25) is 0 Å². The number of likely N-dealkylation sites (N-methyl/N-ethyl adjacent to an activating group) is 1. The highest BCUT2D eigenvalue weighted by Gasteiger charge is 2.27. The van der Waals surface area contributed by atoms with Gasteiger partial charge in [-0.1, -0.05) is 33.6 Å². The summed E-state index contributed by atoms with van der Waals surface area (Å²) in [5.74, 6) is 0.637. The molecule has 0 saturated heterocycles. The van der Waals surface area contributed by atoms with Crippen molar-refractivity contribution in [2.24, 2.45) is 5.92 Å². The third kappa shape index (κ3) is 5.53. The first-order valence-electron chi connectivity index (χ1n) is 6.31. The lowest BCUT2D eigenvalue weighted by molar-refractivity contribution is -0.0973. The molecule has 0 aliphatic carbocycles. The average Bonchev–Trinajstić information content (AvgIpc) is 2.16. The second-order valence-electron chi connectivity index (χ2n) is 4.94. The van der Waals surface area contributed by atoms with Crippen LogP contribution in [0.1, 0.15) is 53.9 Å². The van der Waals surface area contributed by atoms with Gasteiger partial charge in [0.25, 0.3) is 0 Å². The molecule has 0 spiro atoms. The summed E-state index contributed by atoms with van der Waals surface area (Å²) in [6.07, 6.45) is 3.82. The Morgan fingerprint density at radius 2 is 1.87 bits per heavy atom. The van der Waals surface area contributed by atoms with Crippen LogP contribution in [0.25, 0.3) is 0 Å². The lowest BCUT2D eigenvalue weighted by Crippen LogP contribution is -2.42. The van der Waals surface area contributed by atoms with Crippen molar-refractivity contribution < 1.29 is 4.74 Å². The van der Waals surface area contributed by atoms with Gasteiger partial charge in [0.2, 0.25) is 0 Å². The molecule has 0 saturated carbocycles. The predicted octanol–water partition coefficient (Wildman–Crippen LogP) is 3.22. The Hall–Kier alpha value is -0.0800. The van der Waals surface area contributed by atoms with Crippen LogP contribution in [0.4, 0.5) is 0 Å². The van der Waals surface area contributed by atoms with Crippen molar-refractivity contribution >= 4 is 0 Å². The van der Waals surface area contributed by atoms with Crippen molar-refractivity contribution in [1.82, 2.24) is 5.32 Å². The zero-order chi connectivity index (χ0) is 11.9. The molecule has 3 unspecified atom stereocenters.